The van der Waals surface area contributed by atoms with Gasteiger partial charge in [-0.05, 0) is 28.6 Å². The van der Waals surface area contributed by atoms with E-state index in [2.05, 4.69) is 13.2 Å². The van der Waals surface area contributed by atoms with Gasteiger partial charge in [0, 0.05) is 5.39 Å². The van der Waals surface area contributed by atoms with Crippen LogP contribution < -0.4 is 0 Å². The maximum atomic E-state index is 12.0. The molecule has 19 heavy (non-hydrogen) atoms. The van der Waals surface area contributed by atoms with Crippen LogP contribution >= 0.6 is 0 Å². The Hall–Kier alpha value is -2.68. The van der Waals surface area contributed by atoms with Crippen molar-refractivity contribution in [1.29, 1.82) is 0 Å². The lowest BCUT2D eigenvalue weighted by atomic mass is 9.90. The summed E-state index contributed by atoms with van der Waals surface area (Å²) in [6.07, 6.45) is 3.24. The smallest absolute Gasteiger partial charge is 0.347 e. The number of hydrogen-bond donors (Lipinski definition) is 0. The minimum absolute atomic E-state index is 0.387. The van der Waals surface area contributed by atoms with Crippen molar-refractivity contribution in [1.82, 2.24) is 0 Å². The van der Waals surface area contributed by atoms with E-state index < -0.39 is 11.9 Å². The van der Waals surface area contributed by atoms with Gasteiger partial charge in [-0.3, -0.25) is 0 Å². The number of rotatable bonds is 2. The summed E-state index contributed by atoms with van der Waals surface area (Å²) in [7, 11) is 0. The van der Waals surface area contributed by atoms with Gasteiger partial charge in [-0.2, -0.15) is 0 Å². The highest BCUT2D eigenvalue weighted by molar-refractivity contribution is 6.22. The number of carbonyl (C=O) groups is 2. The number of ether oxygens (including phenoxy) is 1. The average molecular weight is 250 g/mol. The monoisotopic (exact) mass is 250 g/mol. The van der Waals surface area contributed by atoms with Gasteiger partial charge in [0.25, 0.3) is 0 Å². The molecule has 1 heterocycles. The largest absolute Gasteiger partial charge is 0.386 e. The molecular weight excluding hydrogens is 240 g/mol. The average Bonchev–Trinajstić information content (AvgIpc) is 2.42. The third kappa shape index (κ3) is 1.45. The fourth-order valence-corrected chi connectivity index (χ4v) is 2.45. The van der Waals surface area contributed by atoms with E-state index in [4.69, 9.17) is 4.74 Å². The molecule has 0 saturated heterocycles. The van der Waals surface area contributed by atoms with Crippen molar-refractivity contribution in [3.63, 3.8) is 0 Å². The highest BCUT2D eigenvalue weighted by Crippen LogP contribution is 2.34. The van der Waals surface area contributed by atoms with E-state index >= 15 is 0 Å². The number of cyclic esters (lactones) is 2. The second-order valence-corrected chi connectivity index (χ2v) is 4.24. The van der Waals surface area contributed by atoms with Crippen LogP contribution in [0.5, 0.6) is 0 Å². The zero-order chi connectivity index (χ0) is 13.6. The van der Waals surface area contributed by atoms with Gasteiger partial charge in [-0.15, -0.1) is 0 Å². The maximum Gasteiger partial charge on any atom is 0.347 e. The molecule has 0 amide bonds. The van der Waals surface area contributed by atoms with Crippen LogP contribution in [0.2, 0.25) is 0 Å². The Kier molecular flexibility index (Phi) is 2.35. The van der Waals surface area contributed by atoms with Crippen molar-refractivity contribution in [2.75, 3.05) is 0 Å². The van der Waals surface area contributed by atoms with E-state index in [9.17, 15) is 9.59 Å². The third-order valence-electron chi connectivity index (χ3n) is 3.27. The van der Waals surface area contributed by atoms with Crippen LogP contribution in [0.1, 0.15) is 31.8 Å². The molecule has 0 unspecified atom stereocenters. The Balaban J connectivity index is 2.60. The molecule has 0 fully saturated rings. The molecule has 1 aliphatic heterocycles. The third-order valence-corrected chi connectivity index (χ3v) is 3.27. The van der Waals surface area contributed by atoms with Crippen LogP contribution in [0.15, 0.2) is 37.4 Å². The lowest BCUT2D eigenvalue weighted by Gasteiger charge is -2.18. The molecule has 2 aromatic rings. The Morgan fingerprint density at radius 3 is 2.53 bits per heavy atom. The topological polar surface area (TPSA) is 43.4 Å². The first-order chi connectivity index (χ1) is 9.17. The lowest BCUT2D eigenvalue weighted by Crippen LogP contribution is -2.21. The first-order valence-electron chi connectivity index (χ1n) is 5.78. The second kappa shape index (κ2) is 3.92. The van der Waals surface area contributed by atoms with Gasteiger partial charge >= 0.3 is 11.9 Å². The predicted octanol–water partition coefficient (Wildman–Crippen LogP) is 3.44. The minimum Gasteiger partial charge on any atom is -0.386 e. The summed E-state index contributed by atoms with van der Waals surface area (Å²) >= 11 is 0. The molecule has 0 saturated carbocycles. The van der Waals surface area contributed by atoms with Crippen molar-refractivity contribution >= 4 is 34.9 Å². The fraction of sp³-hybridized carbons (Fsp3) is 0. The first-order valence-corrected chi connectivity index (χ1v) is 5.78. The molecule has 1 aliphatic rings. The zero-order valence-electron chi connectivity index (χ0n) is 10.1. The van der Waals surface area contributed by atoms with Crippen LogP contribution in [0.3, 0.4) is 0 Å². The Labute approximate surface area is 109 Å². The summed E-state index contributed by atoms with van der Waals surface area (Å²) in [5, 5.41) is 1.45. The van der Waals surface area contributed by atoms with Crippen molar-refractivity contribution in [3.8, 4) is 0 Å². The van der Waals surface area contributed by atoms with E-state index in [0.29, 0.717) is 22.1 Å². The van der Waals surface area contributed by atoms with Gasteiger partial charge in [0.05, 0.1) is 11.1 Å². The molecule has 0 radical (unpaired) electrons. The molecule has 0 aliphatic carbocycles. The highest BCUT2D eigenvalue weighted by atomic mass is 16.6. The Bertz CT molecular complexity index is 769. The minimum atomic E-state index is -0.632. The molecule has 0 N–H and O–H groups in total. The standard InChI is InChI=1S/C16H10O3/c1-3-9-8-10-6-5-7-12-13(10)14(11(9)4-2)16(18)19-15(12)17/h3-8H,1-2H2. The van der Waals surface area contributed by atoms with Gasteiger partial charge in [0.2, 0.25) is 0 Å². The van der Waals surface area contributed by atoms with E-state index in [1.807, 2.05) is 12.1 Å². The summed E-state index contributed by atoms with van der Waals surface area (Å²) < 4.78 is 4.78. The van der Waals surface area contributed by atoms with Crippen LogP contribution in [-0.2, 0) is 4.74 Å². The Morgan fingerprint density at radius 2 is 1.84 bits per heavy atom. The molecule has 3 nitrogen and oxygen atoms in total. The number of esters is 2. The molecule has 2 aromatic carbocycles. The summed E-state index contributed by atoms with van der Waals surface area (Å²) in [6.45, 7) is 7.46. The summed E-state index contributed by atoms with van der Waals surface area (Å²) in [6, 6.07) is 7.16. The van der Waals surface area contributed by atoms with Gasteiger partial charge in [0.1, 0.15) is 0 Å². The van der Waals surface area contributed by atoms with Crippen molar-refractivity contribution in [2.24, 2.45) is 0 Å². The summed E-state index contributed by atoms with van der Waals surface area (Å²) in [4.78, 5) is 23.8. The van der Waals surface area contributed by atoms with Gasteiger partial charge < -0.3 is 4.74 Å². The van der Waals surface area contributed by atoms with Gasteiger partial charge in [-0.1, -0.05) is 37.4 Å². The molecule has 0 atom stereocenters. The van der Waals surface area contributed by atoms with E-state index in [0.717, 1.165) is 10.9 Å². The van der Waals surface area contributed by atoms with Gasteiger partial charge in [0.15, 0.2) is 0 Å². The Morgan fingerprint density at radius 1 is 1.05 bits per heavy atom. The molecule has 0 bridgehead atoms. The summed E-state index contributed by atoms with van der Waals surface area (Å²) in [5.41, 5.74) is 2.23. The van der Waals surface area contributed by atoms with Crippen LogP contribution in [0.4, 0.5) is 0 Å². The van der Waals surface area contributed by atoms with E-state index in [1.165, 1.54) is 0 Å². The van der Waals surface area contributed by atoms with Crippen LogP contribution in [-0.4, -0.2) is 11.9 Å². The second-order valence-electron chi connectivity index (χ2n) is 4.24. The van der Waals surface area contributed by atoms with Crippen LogP contribution in [0, 0.1) is 0 Å². The fourth-order valence-electron chi connectivity index (χ4n) is 2.45. The normalized spacial score (nSPS) is 13.3. The van der Waals surface area contributed by atoms with E-state index in [1.54, 1.807) is 24.3 Å². The quantitative estimate of drug-likeness (QED) is 0.605. The van der Waals surface area contributed by atoms with Crippen molar-refractivity contribution < 1.29 is 14.3 Å². The van der Waals surface area contributed by atoms with Crippen LogP contribution in [0.25, 0.3) is 22.9 Å². The maximum absolute atomic E-state index is 12.0. The first kappa shape index (κ1) is 11.4. The molecule has 3 rings (SSSR count). The van der Waals surface area contributed by atoms with Crippen molar-refractivity contribution in [3.05, 3.63) is 59.7 Å². The number of carbonyl (C=O) groups excluding carboxylic acids is 2. The van der Waals surface area contributed by atoms with Gasteiger partial charge in [-0.25, -0.2) is 9.59 Å². The predicted molar refractivity (Wildman–Crippen MR) is 73.9 cm³/mol. The SMILES string of the molecule is C=Cc1cc2cccc3c2c(c1C=C)C(=O)OC3=O. The molecule has 92 valence electrons. The number of hydrogen-bond acceptors (Lipinski definition) is 3. The molecule has 3 heteroatoms. The zero-order valence-corrected chi connectivity index (χ0v) is 10.1. The number of benzene rings is 2. The van der Waals surface area contributed by atoms with Crippen molar-refractivity contribution in [2.45, 2.75) is 0 Å². The summed E-state index contributed by atoms with van der Waals surface area (Å²) in [5.74, 6) is -1.24. The highest BCUT2D eigenvalue weighted by Gasteiger charge is 2.29. The van der Waals surface area contributed by atoms with E-state index in [-0.39, 0.29) is 0 Å². The molecule has 0 aromatic heterocycles. The lowest BCUT2D eigenvalue weighted by molar-refractivity contribution is 0.0391. The molecule has 0 spiro atoms. The molecular formula is C16H10O3.